The van der Waals surface area contributed by atoms with Gasteiger partial charge in [-0.3, -0.25) is 0 Å². The molecule has 0 saturated carbocycles. The largest absolute Gasteiger partial charge is 0.475 e. The third-order valence-corrected chi connectivity index (χ3v) is 4.13. The first-order valence-corrected chi connectivity index (χ1v) is 11.4. The maximum Gasteiger partial charge on any atom is 0.219 e. The first kappa shape index (κ1) is 16.5. The first-order valence-electron chi connectivity index (χ1n) is 7.68. The number of benzene rings is 1. The summed E-state index contributed by atoms with van der Waals surface area (Å²) in [6.07, 6.45) is 1.06. The highest BCUT2D eigenvalue weighted by atomic mass is 28.3. The zero-order chi connectivity index (χ0) is 16.2. The zero-order valence-electron chi connectivity index (χ0n) is 14.1. The fourth-order valence-electron chi connectivity index (χ4n) is 1.89. The number of ether oxygens (including phenoxy) is 1. The van der Waals surface area contributed by atoms with E-state index in [1.165, 1.54) is 0 Å². The molecule has 1 aromatic carbocycles. The molecule has 0 radical (unpaired) electrons. The third kappa shape index (κ3) is 5.15. The fraction of sp³-hybridized carbons (Fsp3) is 0.412. The number of anilines is 1. The van der Waals surface area contributed by atoms with Crippen LogP contribution < -0.4 is 10.1 Å². The fourth-order valence-corrected chi connectivity index (χ4v) is 2.60. The van der Waals surface area contributed by atoms with Crippen molar-refractivity contribution < 1.29 is 4.74 Å². The number of nitrogens with zero attached hydrogens (tertiary/aromatic N) is 2. The molecule has 5 heteroatoms. The van der Waals surface area contributed by atoms with E-state index in [4.69, 9.17) is 4.74 Å². The van der Waals surface area contributed by atoms with Crippen LogP contribution in [0.15, 0.2) is 36.4 Å². The van der Waals surface area contributed by atoms with Crippen molar-refractivity contribution in [2.45, 2.75) is 39.6 Å². The van der Waals surface area contributed by atoms with Gasteiger partial charge in [0.15, 0.2) is 5.82 Å². The molecule has 2 aromatic rings. The second kappa shape index (κ2) is 6.92. The molecule has 0 aliphatic heterocycles. The van der Waals surface area contributed by atoms with E-state index in [9.17, 15) is 0 Å². The van der Waals surface area contributed by atoms with Crippen LogP contribution in [0.3, 0.4) is 0 Å². The molecule has 1 N–H and O–H groups in total. The Kier molecular flexibility index (Phi) is 5.18. The van der Waals surface area contributed by atoms with Gasteiger partial charge >= 0.3 is 0 Å². The Bertz CT molecular complexity index is 609. The van der Waals surface area contributed by atoms with Crippen LogP contribution >= 0.6 is 0 Å². The highest BCUT2D eigenvalue weighted by molar-refractivity contribution is 6.76. The van der Waals surface area contributed by atoms with Gasteiger partial charge in [0, 0.05) is 17.8 Å². The van der Waals surface area contributed by atoms with E-state index in [1.807, 2.05) is 50.2 Å². The SMILES string of the molecule is CC(C)Oc1cc(NC[Si](C)(C)C)nc(-c2ccccc2)n1. The topological polar surface area (TPSA) is 47.0 Å². The predicted molar refractivity (Wildman–Crippen MR) is 95.1 cm³/mol. The Labute approximate surface area is 134 Å². The van der Waals surface area contributed by atoms with Gasteiger partial charge in [-0.1, -0.05) is 50.0 Å². The average molecular weight is 315 g/mol. The van der Waals surface area contributed by atoms with Crippen molar-refractivity contribution >= 4 is 13.9 Å². The van der Waals surface area contributed by atoms with E-state index >= 15 is 0 Å². The molecule has 0 amide bonds. The molecule has 0 aliphatic rings. The molecule has 4 nitrogen and oxygen atoms in total. The second-order valence-electron chi connectivity index (χ2n) is 6.86. The molecule has 0 atom stereocenters. The van der Waals surface area contributed by atoms with Gasteiger partial charge in [0.05, 0.1) is 14.2 Å². The predicted octanol–water partition coefficient (Wildman–Crippen LogP) is 4.22. The molecule has 0 unspecified atom stereocenters. The van der Waals surface area contributed by atoms with Crippen LogP contribution in [0.2, 0.25) is 19.6 Å². The molecular weight excluding hydrogens is 290 g/mol. The van der Waals surface area contributed by atoms with Crippen molar-refractivity contribution in [2.75, 3.05) is 11.5 Å². The first-order chi connectivity index (χ1) is 10.3. The van der Waals surface area contributed by atoms with Crippen LogP contribution in [0.5, 0.6) is 5.88 Å². The normalized spacial score (nSPS) is 11.5. The third-order valence-electron chi connectivity index (χ3n) is 2.89. The quantitative estimate of drug-likeness (QED) is 0.811. The molecule has 0 aliphatic carbocycles. The maximum absolute atomic E-state index is 5.77. The maximum atomic E-state index is 5.77. The van der Waals surface area contributed by atoms with Gasteiger partial charge in [-0.25, -0.2) is 4.98 Å². The number of aromatic nitrogens is 2. The van der Waals surface area contributed by atoms with Crippen molar-refractivity contribution in [1.29, 1.82) is 0 Å². The van der Waals surface area contributed by atoms with Crippen LogP contribution in [0.25, 0.3) is 11.4 Å². The van der Waals surface area contributed by atoms with Crippen LogP contribution in [0.1, 0.15) is 13.8 Å². The standard InChI is InChI=1S/C17H25N3OSi/c1-13(2)21-16-11-15(18-12-22(3,4)5)19-17(20-16)14-9-7-6-8-10-14/h6-11,13H,12H2,1-5H3,(H,18,19,20). The Morgan fingerprint density at radius 3 is 2.36 bits per heavy atom. The van der Waals surface area contributed by atoms with Crippen molar-refractivity contribution in [3.63, 3.8) is 0 Å². The summed E-state index contributed by atoms with van der Waals surface area (Å²) in [6, 6.07) is 11.9. The summed E-state index contributed by atoms with van der Waals surface area (Å²) in [6.45, 7) is 11.0. The number of nitrogens with one attached hydrogen (secondary N) is 1. The molecule has 1 aromatic heterocycles. The minimum absolute atomic E-state index is 0.0864. The van der Waals surface area contributed by atoms with E-state index in [0.717, 1.165) is 17.5 Å². The van der Waals surface area contributed by atoms with Crippen molar-refractivity contribution in [2.24, 2.45) is 0 Å². The molecule has 0 bridgehead atoms. The minimum atomic E-state index is -1.20. The Balaban J connectivity index is 2.32. The smallest absolute Gasteiger partial charge is 0.219 e. The van der Waals surface area contributed by atoms with Gasteiger partial charge in [0.25, 0.3) is 0 Å². The molecule has 2 rings (SSSR count). The second-order valence-corrected chi connectivity index (χ2v) is 12.3. The van der Waals surface area contributed by atoms with Crippen LogP contribution in [-0.4, -0.2) is 30.3 Å². The summed E-state index contributed by atoms with van der Waals surface area (Å²) in [5.41, 5.74) is 0.993. The van der Waals surface area contributed by atoms with Gasteiger partial charge < -0.3 is 10.1 Å². The summed E-state index contributed by atoms with van der Waals surface area (Å²) >= 11 is 0. The lowest BCUT2D eigenvalue weighted by molar-refractivity contribution is 0.232. The lowest BCUT2D eigenvalue weighted by atomic mass is 10.2. The van der Waals surface area contributed by atoms with E-state index in [2.05, 4.69) is 34.9 Å². The summed E-state index contributed by atoms with van der Waals surface area (Å²) < 4.78 is 5.77. The summed E-state index contributed by atoms with van der Waals surface area (Å²) in [7, 11) is -1.20. The summed E-state index contributed by atoms with van der Waals surface area (Å²) in [4.78, 5) is 9.16. The molecule has 0 spiro atoms. The molecular formula is C17H25N3OSi. The van der Waals surface area contributed by atoms with Crippen LogP contribution in [-0.2, 0) is 0 Å². The van der Waals surface area contributed by atoms with Gasteiger partial charge in [-0.2, -0.15) is 4.98 Å². The lowest BCUT2D eigenvalue weighted by Crippen LogP contribution is -2.31. The molecule has 118 valence electrons. The molecule has 0 fully saturated rings. The van der Waals surface area contributed by atoms with Gasteiger partial charge in [0.2, 0.25) is 5.88 Å². The lowest BCUT2D eigenvalue weighted by Gasteiger charge is -2.18. The monoisotopic (exact) mass is 315 g/mol. The molecule has 1 heterocycles. The van der Waals surface area contributed by atoms with Gasteiger partial charge in [-0.15, -0.1) is 0 Å². The highest BCUT2D eigenvalue weighted by Gasteiger charge is 2.14. The Morgan fingerprint density at radius 1 is 1.09 bits per heavy atom. The molecule has 22 heavy (non-hydrogen) atoms. The number of hydrogen-bond acceptors (Lipinski definition) is 4. The Morgan fingerprint density at radius 2 is 1.77 bits per heavy atom. The van der Waals surface area contributed by atoms with Crippen LogP contribution in [0, 0.1) is 0 Å². The minimum Gasteiger partial charge on any atom is -0.475 e. The van der Waals surface area contributed by atoms with E-state index in [0.29, 0.717) is 11.7 Å². The highest BCUT2D eigenvalue weighted by Crippen LogP contribution is 2.22. The van der Waals surface area contributed by atoms with Crippen molar-refractivity contribution in [3.8, 4) is 17.3 Å². The number of hydrogen-bond donors (Lipinski definition) is 1. The van der Waals surface area contributed by atoms with Gasteiger partial charge in [0.1, 0.15) is 5.82 Å². The summed E-state index contributed by atoms with van der Waals surface area (Å²) in [5, 5.41) is 3.44. The van der Waals surface area contributed by atoms with E-state index in [1.54, 1.807) is 0 Å². The summed E-state index contributed by atoms with van der Waals surface area (Å²) in [5.74, 6) is 2.13. The van der Waals surface area contributed by atoms with Crippen molar-refractivity contribution in [1.82, 2.24) is 9.97 Å². The molecule has 0 saturated heterocycles. The Hall–Kier alpha value is -1.88. The van der Waals surface area contributed by atoms with E-state index < -0.39 is 8.07 Å². The average Bonchev–Trinajstić information content (AvgIpc) is 2.44. The zero-order valence-corrected chi connectivity index (χ0v) is 15.1. The van der Waals surface area contributed by atoms with E-state index in [-0.39, 0.29) is 6.10 Å². The van der Waals surface area contributed by atoms with Gasteiger partial charge in [-0.05, 0) is 13.8 Å². The van der Waals surface area contributed by atoms with Crippen molar-refractivity contribution in [3.05, 3.63) is 36.4 Å². The van der Waals surface area contributed by atoms with Crippen LogP contribution in [0.4, 0.5) is 5.82 Å². The number of rotatable bonds is 6.